The zero-order valence-electron chi connectivity index (χ0n) is 18.4. The number of anilines is 1. The lowest BCUT2D eigenvalue weighted by Crippen LogP contribution is -2.38. The molecular weight excluding hydrogens is 440 g/mol. The van der Waals surface area contributed by atoms with Crippen LogP contribution in [0.1, 0.15) is 53.6 Å². The van der Waals surface area contributed by atoms with Crippen LogP contribution in [-0.2, 0) is 15.8 Å². The highest BCUT2D eigenvalue weighted by Gasteiger charge is 2.27. The fourth-order valence-electron chi connectivity index (χ4n) is 4.59. The molecule has 1 aromatic carbocycles. The highest BCUT2D eigenvalue weighted by molar-refractivity contribution is 7.89. The Morgan fingerprint density at radius 3 is 2.76 bits per heavy atom. The molecule has 0 bridgehead atoms. The van der Waals surface area contributed by atoms with Gasteiger partial charge in [0.1, 0.15) is 17.4 Å². The number of benzene rings is 1. The molecule has 5 rings (SSSR count). The molecule has 174 valence electrons. The van der Waals surface area contributed by atoms with Crippen molar-refractivity contribution >= 4 is 27.5 Å². The molecule has 1 aromatic heterocycles. The van der Waals surface area contributed by atoms with Crippen molar-refractivity contribution in [3.05, 3.63) is 53.2 Å². The van der Waals surface area contributed by atoms with Crippen LogP contribution in [0.4, 0.5) is 5.82 Å². The average Bonchev–Trinajstić information content (AvgIpc) is 3.61. The van der Waals surface area contributed by atoms with Crippen molar-refractivity contribution < 1.29 is 17.9 Å². The summed E-state index contributed by atoms with van der Waals surface area (Å²) in [5.74, 6) is 2.31. The Balaban J connectivity index is 1.22. The number of sulfonamides is 1. The molecule has 3 heterocycles. The summed E-state index contributed by atoms with van der Waals surface area (Å²) in [6.07, 6.45) is 6.72. The maximum atomic E-state index is 12.3. The summed E-state index contributed by atoms with van der Waals surface area (Å²) in [6.45, 7) is 2.21. The third-order valence-corrected chi connectivity index (χ3v) is 7.65. The monoisotopic (exact) mass is 468 g/mol. The molecule has 0 spiro atoms. The fourth-order valence-corrected chi connectivity index (χ4v) is 5.68. The number of hydrogen-bond donors (Lipinski definition) is 1. The number of ketones is 1. The lowest BCUT2D eigenvalue weighted by molar-refractivity contribution is 0.0975. The SMILES string of the molecule is NC1=NS(=O)(=O)Cc2cccc(OC[C@H]3CCCN(c4ccc(C(=O)CC5CC5)cn4)C3)c21. The van der Waals surface area contributed by atoms with Crippen molar-refractivity contribution in [1.29, 1.82) is 0 Å². The second kappa shape index (κ2) is 8.78. The third kappa shape index (κ3) is 5.03. The van der Waals surface area contributed by atoms with Crippen LogP contribution in [0.25, 0.3) is 0 Å². The molecule has 2 aliphatic heterocycles. The van der Waals surface area contributed by atoms with E-state index in [1.807, 2.05) is 12.1 Å². The van der Waals surface area contributed by atoms with E-state index in [1.165, 1.54) is 12.8 Å². The fraction of sp³-hybridized carbons (Fsp3) is 0.458. The molecule has 3 aliphatic rings. The van der Waals surface area contributed by atoms with Gasteiger partial charge in [-0.3, -0.25) is 4.79 Å². The standard InChI is InChI=1S/C24H28N4O4S/c25-24-23-19(15-33(30,31)27-24)4-1-5-21(23)32-14-17-3-2-10-28(13-17)22-9-8-18(12-26-22)20(29)11-16-6-7-16/h1,4-5,8-9,12,16-17H,2-3,6-7,10-11,13-15H2,(H2,25,27)/t17-/m0/s1. The van der Waals surface area contributed by atoms with Gasteiger partial charge in [-0.1, -0.05) is 12.1 Å². The normalized spacial score (nSPS) is 21.8. The van der Waals surface area contributed by atoms with Gasteiger partial charge < -0.3 is 15.4 Å². The average molecular weight is 469 g/mol. The van der Waals surface area contributed by atoms with Crippen LogP contribution in [0.2, 0.25) is 0 Å². The van der Waals surface area contributed by atoms with Gasteiger partial charge in [0.2, 0.25) is 0 Å². The van der Waals surface area contributed by atoms with Gasteiger partial charge in [0.05, 0.1) is 17.9 Å². The number of fused-ring (bicyclic) bond motifs is 1. The van der Waals surface area contributed by atoms with E-state index in [0.717, 1.165) is 31.7 Å². The molecular formula is C24H28N4O4S. The molecule has 2 fully saturated rings. The predicted octanol–water partition coefficient (Wildman–Crippen LogP) is 2.91. The van der Waals surface area contributed by atoms with E-state index >= 15 is 0 Å². The Kier molecular flexibility index (Phi) is 5.82. The van der Waals surface area contributed by atoms with Crippen molar-refractivity contribution in [2.75, 3.05) is 24.6 Å². The Morgan fingerprint density at radius 1 is 1.15 bits per heavy atom. The Morgan fingerprint density at radius 2 is 2.00 bits per heavy atom. The van der Waals surface area contributed by atoms with Gasteiger partial charge >= 0.3 is 0 Å². The second-order valence-electron chi connectivity index (χ2n) is 9.23. The number of aromatic nitrogens is 1. The first-order valence-corrected chi connectivity index (χ1v) is 13.1. The zero-order valence-corrected chi connectivity index (χ0v) is 19.3. The Labute approximate surface area is 193 Å². The number of hydrogen-bond acceptors (Lipinski definition) is 7. The van der Waals surface area contributed by atoms with Crippen LogP contribution < -0.4 is 15.4 Å². The van der Waals surface area contributed by atoms with Gasteiger partial charge in [0.25, 0.3) is 10.0 Å². The van der Waals surface area contributed by atoms with Crippen LogP contribution in [0, 0.1) is 11.8 Å². The van der Waals surface area contributed by atoms with E-state index in [1.54, 1.807) is 24.4 Å². The van der Waals surface area contributed by atoms with Crippen LogP contribution >= 0.6 is 0 Å². The van der Waals surface area contributed by atoms with Crippen molar-refractivity contribution in [1.82, 2.24) is 4.98 Å². The summed E-state index contributed by atoms with van der Waals surface area (Å²) in [6, 6.07) is 9.16. The van der Waals surface area contributed by atoms with Crippen molar-refractivity contribution in [2.45, 2.75) is 37.9 Å². The van der Waals surface area contributed by atoms with Gasteiger partial charge in [-0.05, 0) is 55.4 Å². The highest BCUT2D eigenvalue weighted by Crippen LogP contribution is 2.34. The highest BCUT2D eigenvalue weighted by atomic mass is 32.2. The molecule has 2 aromatic rings. The number of carbonyl (C=O) groups excluding carboxylic acids is 1. The predicted molar refractivity (Wildman–Crippen MR) is 126 cm³/mol. The number of amidine groups is 1. The molecule has 1 atom stereocenters. The molecule has 0 unspecified atom stereocenters. The summed E-state index contributed by atoms with van der Waals surface area (Å²) < 4.78 is 33.5. The van der Waals surface area contributed by atoms with Crippen molar-refractivity contribution in [2.24, 2.45) is 22.0 Å². The number of ether oxygens (including phenoxy) is 1. The Hall–Kier alpha value is -2.94. The van der Waals surface area contributed by atoms with Crippen molar-refractivity contribution in [3.8, 4) is 5.75 Å². The third-order valence-electron chi connectivity index (χ3n) is 6.50. The van der Waals surface area contributed by atoms with Crippen LogP contribution in [0.5, 0.6) is 5.75 Å². The van der Waals surface area contributed by atoms with Crippen LogP contribution in [-0.4, -0.2) is 44.7 Å². The maximum absolute atomic E-state index is 12.3. The number of carbonyl (C=O) groups is 1. The first kappa shape index (κ1) is 21.9. The minimum absolute atomic E-state index is 0.0161. The minimum atomic E-state index is -3.57. The van der Waals surface area contributed by atoms with E-state index in [2.05, 4.69) is 14.3 Å². The Bertz CT molecular complexity index is 1190. The number of nitrogens with zero attached hydrogens (tertiary/aromatic N) is 3. The molecule has 0 radical (unpaired) electrons. The summed E-state index contributed by atoms with van der Waals surface area (Å²) in [5.41, 5.74) is 7.83. The minimum Gasteiger partial charge on any atom is -0.492 e. The quantitative estimate of drug-likeness (QED) is 0.621. The van der Waals surface area contributed by atoms with E-state index in [0.29, 0.717) is 41.4 Å². The lowest BCUT2D eigenvalue weighted by atomic mass is 9.98. The number of pyridine rings is 1. The van der Waals surface area contributed by atoms with Gasteiger partial charge in [0, 0.05) is 37.2 Å². The molecule has 8 nitrogen and oxygen atoms in total. The molecule has 1 saturated heterocycles. The van der Waals surface area contributed by atoms with E-state index in [9.17, 15) is 13.2 Å². The van der Waals surface area contributed by atoms with E-state index in [-0.39, 0.29) is 23.3 Å². The smallest absolute Gasteiger partial charge is 0.259 e. The summed E-state index contributed by atoms with van der Waals surface area (Å²) in [7, 11) is -3.57. The largest absolute Gasteiger partial charge is 0.492 e. The van der Waals surface area contributed by atoms with Gasteiger partial charge in [-0.2, -0.15) is 0 Å². The summed E-state index contributed by atoms with van der Waals surface area (Å²) >= 11 is 0. The number of rotatable bonds is 7. The lowest BCUT2D eigenvalue weighted by Gasteiger charge is -2.33. The molecule has 9 heteroatoms. The maximum Gasteiger partial charge on any atom is 0.259 e. The zero-order chi connectivity index (χ0) is 23.0. The second-order valence-corrected chi connectivity index (χ2v) is 10.9. The summed E-state index contributed by atoms with van der Waals surface area (Å²) in [5, 5.41) is 0. The van der Waals surface area contributed by atoms with Gasteiger partial charge in [-0.25, -0.2) is 13.4 Å². The number of Topliss-reactive ketones (excluding diaryl/α,β-unsaturated/α-hetero) is 1. The molecule has 2 N–H and O–H groups in total. The van der Waals surface area contributed by atoms with Crippen LogP contribution in [0.15, 0.2) is 40.9 Å². The molecule has 33 heavy (non-hydrogen) atoms. The van der Waals surface area contributed by atoms with Gasteiger partial charge in [0.15, 0.2) is 5.78 Å². The van der Waals surface area contributed by atoms with Crippen molar-refractivity contribution in [3.63, 3.8) is 0 Å². The molecule has 1 saturated carbocycles. The molecule has 0 amide bonds. The van der Waals surface area contributed by atoms with E-state index < -0.39 is 10.0 Å². The summed E-state index contributed by atoms with van der Waals surface area (Å²) in [4.78, 5) is 19.1. The number of nitrogens with two attached hydrogens (primary N) is 1. The van der Waals surface area contributed by atoms with E-state index in [4.69, 9.17) is 10.5 Å². The van der Waals surface area contributed by atoms with Crippen LogP contribution in [0.3, 0.4) is 0 Å². The topological polar surface area (TPSA) is 115 Å². The first-order chi connectivity index (χ1) is 15.9. The number of piperidine rings is 1. The first-order valence-electron chi connectivity index (χ1n) is 11.5. The van der Waals surface area contributed by atoms with Gasteiger partial charge in [-0.15, -0.1) is 4.40 Å². The molecule has 1 aliphatic carbocycles.